The highest BCUT2D eigenvalue weighted by Crippen LogP contribution is 2.22. The first-order valence-electron chi connectivity index (χ1n) is 4.86. The maximum absolute atomic E-state index is 9.90. The summed E-state index contributed by atoms with van der Waals surface area (Å²) >= 11 is 0. The Hall–Kier alpha value is -0.960. The van der Waals surface area contributed by atoms with Gasteiger partial charge < -0.3 is 5.11 Å². The smallest absolute Gasteiger partial charge is 0.0644 e. The molecule has 0 radical (unpaired) electrons. The van der Waals surface area contributed by atoms with Crippen LogP contribution in [0.2, 0.25) is 0 Å². The van der Waals surface area contributed by atoms with E-state index in [9.17, 15) is 5.11 Å². The van der Waals surface area contributed by atoms with Crippen LogP contribution >= 0.6 is 0 Å². The molecule has 1 atom stereocenters. The van der Waals surface area contributed by atoms with Crippen LogP contribution in [0.1, 0.15) is 32.2 Å². The molecule has 1 unspecified atom stereocenters. The number of nitrogens with zero attached hydrogens (tertiary/aromatic N) is 2. The molecule has 1 aromatic rings. The van der Waals surface area contributed by atoms with Gasteiger partial charge in [0, 0.05) is 18.8 Å². The first-order valence-corrected chi connectivity index (χ1v) is 4.86. The highest BCUT2D eigenvalue weighted by Gasteiger charge is 2.23. The van der Waals surface area contributed by atoms with E-state index in [0.717, 1.165) is 11.4 Å². The molecule has 78 valence electrons. The van der Waals surface area contributed by atoms with Gasteiger partial charge in [-0.15, -0.1) is 0 Å². The quantitative estimate of drug-likeness (QED) is 0.780. The lowest BCUT2D eigenvalue weighted by Crippen LogP contribution is -2.28. The van der Waals surface area contributed by atoms with Gasteiger partial charge in [-0.25, -0.2) is 0 Å². The molecule has 0 bridgehead atoms. The van der Waals surface area contributed by atoms with Crippen LogP contribution in [-0.2, 0) is 6.42 Å². The van der Waals surface area contributed by atoms with Gasteiger partial charge in [0.25, 0.3) is 0 Å². The standard InChI is InChI=1S/C11H18N2O/c1-8-9(13-6-5-12-8)7-10(14)11(2,3)4/h5-6,10,14H,7H2,1-4H3. The van der Waals surface area contributed by atoms with Gasteiger partial charge in [0.05, 0.1) is 17.5 Å². The molecule has 1 heterocycles. The van der Waals surface area contributed by atoms with Crippen LogP contribution in [0.5, 0.6) is 0 Å². The second kappa shape index (κ2) is 4.05. The fourth-order valence-corrected chi connectivity index (χ4v) is 1.13. The van der Waals surface area contributed by atoms with Crippen molar-refractivity contribution in [2.24, 2.45) is 5.41 Å². The molecule has 1 N–H and O–H groups in total. The van der Waals surface area contributed by atoms with Gasteiger partial charge in [0.1, 0.15) is 0 Å². The summed E-state index contributed by atoms with van der Waals surface area (Å²) in [6.45, 7) is 7.97. The van der Waals surface area contributed by atoms with E-state index in [0.29, 0.717) is 6.42 Å². The van der Waals surface area contributed by atoms with E-state index in [4.69, 9.17) is 0 Å². The SMILES string of the molecule is Cc1nccnc1CC(O)C(C)(C)C. The zero-order valence-corrected chi connectivity index (χ0v) is 9.28. The Labute approximate surface area is 85.2 Å². The van der Waals surface area contributed by atoms with E-state index in [1.807, 2.05) is 27.7 Å². The molecule has 14 heavy (non-hydrogen) atoms. The van der Waals surface area contributed by atoms with Crippen LogP contribution in [0, 0.1) is 12.3 Å². The summed E-state index contributed by atoms with van der Waals surface area (Å²) in [6, 6.07) is 0. The van der Waals surface area contributed by atoms with Crippen molar-refractivity contribution in [3.63, 3.8) is 0 Å². The molecule has 1 aromatic heterocycles. The van der Waals surface area contributed by atoms with E-state index in [-0.39, 0.29) is 11.5 Å². The summed E-state index contributed by atoms with van der Waals surface area (Å²) in [7, 11) is 0. The summed E-state index contributed by atoms with van der Waals surface area (Å²) < 4.78 is 0. The molecule has 3 nitrogen and oxygen atoms in total. The highest BCUT2D eigenvalue weighted by molar-refractivity contribution is 5.09. The maximum Gasteiger partial charge on any atom is 0.0644 e. The summed E-state index contributed by atoms with van der Waals surface area (Å²) in [5.74, 6) is 0. The zero-order valence-electron chi connectivity index (χ0n) is 9.28. The minimum atomic E-state index is -0.377. The van der Waals surface area contributed by atoms with Crippen LogP contribution in [0.15, 0.2) is 12.4 Å². The molecule has 0 saturated heterocycles. The molecular formula is C11H18N2O. The number of aromatic nitrogens is 2. The molecule has 0 aliphatic rings. The zero-order chi connectivity index (χ0) is 10.8. The van der Waals surface area contributed by atoms with Crippen LogP contribution in [0.4, 0.5) is 0 Å². The van der Waals surface area contributed by atoms with E-state index in [2.05, 4.69) is 9.97 Å². The maximum atomic E-state index is 9.90. The van der Waals surface area contributed by atoms with Crippen LogP contribution < -0.4 is 0 Å². The van der Waals surface area contributed by atoms with E-state index in [1.165, 1.54) is 0 Å². The van der Waals surface area contributed by atoms with Gasteiger partial charge in [-0.2, -0.15) is 0 Å². The average Bonchev–Trinajstić information content (AvgIpc) is 2.07. The van der Waals surface area contributed by atoms with Crippen molar-refractivity contribution in [3.05, 3.63) is 23.8 Å². The van der Waals surface area contributed by atoms with Crippen molar-refractivity contribution in [2.45, 2.75) is 40.2 Å². The van der Waals surface area contributed by atoms with E-state index < -0.39 is 0 Å². The fraction of sp³-hybridized carbons (Fsp3) is 0.636. The van der Waals surface area contributed by atoms with Gasteiger partial charge in [0.2, 0.25) is 0 Å². The van der Waals surface area contributed by atoms with Gasteiger partial charge in [-0.3, -0.25) is 9.97 Å². The second-order valence-electron chi connectivity index (χ2n) is 4.67. The van der Waals surface area contributed by atoms with Crippen molar-refractivity contribution < 1.29 is 5.11 Å². The molecular weight excluding hydrogens is 176 g/mol. The number of rotatable bonds is 2. The Bertz CT molecular complexity index is 304. The molecule has 0 amide bonds. The van der Waals surface area contributed by atoms with Crippen molar-refractivity contribution in [3.8, 4) is 0 Å². The minimum Gasteiger partial charge on any atom is -0.392 e. The minimum absolute atomic E-state index is 0.107. The number of aliphatic hydroxyl groups is 1. The van der Waals surface area contributed by atoms with Crippen LogP contribution in [-0.4, -0.2) is 21.2 Å². The third-order valence-corrected chi connectivity index (χ3v) is 2.37. The van der Waals surface area contributed by atoms with Gasteiger partial charge in [0.15, 0.2) is 0 Å². The number of hydrogen-bond donors (Lipinski definition) is 1. The Morgan fingerprint density at radius 3 is 2.36 bits per heavy atom. The van der Waals surface area contributed by atoms with Crippen molar-refractivity contribution in [1.82, 2.24) is 9.97 Å². The van der Waals surface area contributed by atoms with Crippen molar-refractivity contribution in [2.75, 3.05) is 0 Å². The van der Waals surface area contributed by atoms with E-state index >= 15 is 0 Å². The van der Waals surface area contributed by atoms with Crippen molar-refractivity contribution in [1.29, 1.82) is 0 Å². The van der Waals surface area contributed by atoms with Gasteiger partial charge in [-0.05, 0) is 12.3 Å². The summed E-state index contributed by atoms with van der Waals surface area (Å²) in [6.07, 6.45) is 3.53. The third-order valence-electron chi connectivity index (χ3n) is 2.37. The lowest BCUT2D eigenvalue weighted by atomic mass is 9.86. The predicted molar refractivity (Wildman–Crippen MR) is 55.9 cm³/mol. The molecule has 0 spiro atoms. The largest absolute Gasteiger partial charge is 0.392 e. The Morgan fingerprint density at radius 2 is 1.86 bits per heavy atom. The summed E-state index contributed by atoms with van der Waals surface area (Å²) in [4.78, 5) is 8.35. The Morgan fingerprint density at radius 1 is 1.29 bits per heavy atom. The lowest BCUT2D eigenvalue weighted by molar-refractivity contribution is 0.0625. The molecule has 0 aromatic carbocycles. The fourth-order valence-electron chi connectivity index (χ4n) is 1.13. The van der Waals surface area contributed by atoms with Crippen molar-refractivity contribution >= 4 is 0 Å². The number of aryl methyl sites for hydroxylation is 1. The van der Waals surface area contributed by atoms with Crippen LogP contribution in [0.3, 0.4) is 0 Å². The molecule has 3 heteroatoms. The average molecular weight is 194 g/mol. The van der Waals surface area contributed by atoms with Gasteiger partial charge in [-0.1, -0.05) is 20.8 Å². The first-order chi connectivity index (χ1) is 6.41. The molecule has 0 aliphatic carbocycles. The highest BCUT2D eigenvalue weighted by atomic mass is 16.3. The summed E-state index contributed by atoms with van der Waals surface area (Å²) in [5.41, 5.74) is 1.68. The Balaban J connectivity index is 2.75. The van der Waals surface area contributed by atoms with Gasteiger partial charge >= 0.3 is 0 Å². The molecule has 0 saturated carbocycles. The molecule has 0 aliphatic heterocycles. The number of hydrogen-bond acceptors (Lipinski definition) is 3. The van der Waals surface area contributed by atoms with Crippen LogP contribution in [0.25, 0.3) is 0 Å². The predicted octanol–water partition coefficient (Wildman–Crippen LogP) is 1.73. The lowest BCUT2D eigenvalue weighted by Gasteiger charge is -2.25. The first kappa shape index (κ1) is 11.1. The normalized spacial score (nSPS) is 14.1. The summed E-state index contributed by atoms with van der Waals surface area (Å²) in [5, 5.41) is 9.90. The number of aliphatic hydroxyl groups excluding tert-OH is 1. The van der Waals surface area contributed by atoms with E-state index in [1.54, 1.807) is 12.4 Å². The Kier molecular flexibility index (Phi) is 3.21. The monoisotopic (exact) mass is 194 g/mol. The second-order valence-corrected chi connectivity index (χ2v) is 4.67. The molecule has 1 rings (SSSR count). The third kappa shape index (κ3) is 2.77. The topological polar surface area (TPSA) is 46.0 Å². The molecule has 0 fully saturated rings.